The molecule has 4 aromatic rings. The van der Waals surface area contributed by atoms with Crippen LogP contribution in [0.2, 0.25) is 15.1 Å². The van der Waals surface area contributed by atoms with Gasteiger partial charge in [-0.25, -0.2) is 4.98 Å². The minimum atomic E-state index is 0.600. The molecule has 25 heavy (non-hydrogen) atoms. The van der Waals surface area contributed by atoms with Crippen LogP contribution in [0.25, 0.3) is 21.1 Å². The molecule has 0 atom stereocenters. The first-order valence-corrected chi connectivity index (χ1v) is 9.83. The van der Waals surface area contributed by atoms with E-state index in [1.807, 2.05) is 24.3 Å². The van der Waals surface area contributed by atoms with Crippen molar-refractivity contribution in [1.82, 2.24) is 9.97 Å². The molecule has 0 unspecified atom stereocenters. The number of rotatable bonds is 1. The van der Waals surface area contributed by atoms with E-state index in [4.69, 9.17) is 39.8 Å². The number of benzene rings is 2. The summed E-state index contributed by atoms with van der Waals surface area (Å²) in [4.78, 5) is 10.5. The van der Waals surface area contributed by atoms with E-state index in [1.54, 1.807) is 17.4 Å². The summed E-state index contributed by atoms with van der Waals surface area (Å²) in [5.41, 5.74) is 4.54. The lowest BCUT2D eigenvalue weighted by Crippen LogP contribution is -2.29. The van der Waals surface area contributed by atoms with Crippen molar-refractivity contribution < 1.29 is 0 Å². The van der Waals surface area contributed by atoms with Crippen molar-refractivity contribution in [2.24, 2.45) is 0 Å². The molecule has 1 aliphatic heterocycles. The van der Waals surface area contributed by atoms with Crippen molar-refractivity contribution in [3.8, 4) is 0 Å². The second-order valence-electron chi connectivity index (χ2n) is 6.17. The van der Waals surface area contributed by atoms with Gasteiger partial charge in [0, 0.05) is 33.2 Å². The molecule has 126 valence electrons. The van der Waals surface area contributed by atoms with Gasteiger partial charge in [-0.05, 0) is 42.3 Å². The topological polar surface area (TPSA) is 31.9 Å². The zero-order chi connectivity index (χ0) is 17.1. The van der Waals surface area contributed by atoms with Crippen LogP contribution in [0.5, 0.6) is 0 Å². The Morgan fingerprint density at radius 3 is 2.84 bits per heavy atom. The van der Waals surface area contributed by atoms with Crippen molar-refractivity contribution in [2.75, 3.05) is 11.4 Å². The number of anilines is 1. The number of H-pyrrole nitrogens is 1. The van der Waals surface area contributed by atoms with Crippen molar-refractivity contribution in [1.29, 1.82) is 0 Å². The van der Waals surface area contributed by atoms with E-state index in [9.17, 15) is 0 Å². The summed E-state index contributed by atoms with van der Waals surface area (Å²) in [7, 11) is 0. The number of aromatic amines is 1. The van der Waals surface area contributed by atoms with Crippen molar-refractivity contribution in [3.63, 3.8) is 0 Å². The molecule has 0 saturated carbocycles. The number of hydrogen-bond donors (Lipinski definition) is 1. The van der Waals surface area contributed by atoms with Gasteiger partial charge in [-0.3, -0.25) is 0 Å². The van der Waals surface area contributed by atoms with Crippen LogP contribution in [-0.4, -0.2) is 16.5 Å². The Balaban J connectivity index is 1.55. The second kappa shape index (κ2) is 5.78. The van der Waals surface area contributed by atoms with Gasteiger partial charge in [0.1, 0.15) is 5.52 Å². The van der Waals surface area contributed by atoms with Crippen molar-refractivity contribution in [3.05, 3.63) is 56.7 Å². The monoisotopic (exact) mass is 407 g/mol. The largest absolute Gasteiger partial charge is 0.357 e. The molecular weight excluding hydrogens is 397 g/mol. The van der Waals surface area contributed by atoms with E-state index in [0.717, 1.165) is 45.4 Å². The summed E-state index contributed by atoms with van der Waals surface area (Å²) in [6, 6.07) is 9.67. The first-order chi connectivity index (χ1) is 12.1. The summed E-state index contributed by atoms with van der Waals surface area (Å²) in [6.45, 7) is 1.71. The van der Waals surface area contributed by atoms with Gasteiger partial charge in [0.25, 0.3) is 0 Å². The average Bonchev–Trinajstić information content (AvgIpc) is 3.15. The maximum atomic E-state index is 6.29. The van der Waals surface area contributed by atoms with Crippen LogP contribution in [0.1, 0.15) is 11.3 Å². The molecule has 0 amide bonds. The van der Waals surface area contributed by atoms with Gasteiger partial charge < -0.3 is 9.88 Å². The molecular formula is C18H12Cl3N3S. The van der Waals surface area contributed by atoms with Crippen LogP contribution in [0.4, 0.5) is 5.13 Å². The molecule has 0 radical (unpaired) electrons. The molecule has 2 aromatic heterocycles. The fraction of sp³-hybridized carbons (Fsp3) is 0.167. The summed E-state index contributed by atoms with van der Waals surface area (Å²) >= 11 is 20.2. The molecule has 0 fully saturated rings. The number of hydrogen-bond acceptors (Lipinski definition) is 3. The predicted octanol–water partition coefficient (Wildman–Crippen LogP) is 6.30. The second-order valence-corrected chi connectivity index (χ2v) is 8.46. The Morgan fingerprint density at radius 1 is 1.08 bits per heavy atom. The molecule has 0 aliphatic carbocycles. The van der Waals surface area contributed by atoms with E-state index in [-0.39, 0.29) is 0 Å². The van der Waals surface area contributed by atoms with Crippen molar-refractivity contribution in [2.45, 2.75) is 13.0 Å². The first-order valence-electron chi connectivity index (χ1n) is 7.88. The zero-order valence-electron chi connectivity index (χ0n) is 12.9. The van der Waals surface area contributed by atoms with E-state index in [0.29, 0.717) is 10.0 Å². The number of nitrogens with zero attached hydrogens (tertiary/aromatic N) is 2. The predicted molar refractivity (Wildman–Crippen MR) is 108 cm³/mol. The fourth-order valence-corrected chi connectivity index (χ4v) is 5.34. The van der Waals surface area contributed by atoms with E-state index >= 15 is 0 Å². The third-order valence-corrected chi connectivity index (χ3v) is 6.41. The Hall–Kier alpha value is -1.46. The lowest BCUT2D eigenvalue weighted by Gasteiger charge is -2.26. The molecule has 7 heteroatoms. The minimum absolute atomic E-state index is 0.600. The molecule has 0 spiro atoms. The SMILES string of the molecule is Clc1cc(Cl)c2nc(N3CCc4c([nH]c5ccc(Cl)cc45)C3)sc2c1. The molecule has 0 saturated heterocycles. The summed E-state index contributed by atoms with van der Waals surface area (Å²) in [5.74, 6) is 0. The minimum Gasteiger partial charge on any atom is -0.357 e. The molecule has 0 bridgehead atoms. The van der Waals surface area contributed by atoms with Gasteiger partial charge in [-0.1, -0.05) is 46.1 Å². The standard InChI is InChI=1S/C18H12Cl3N3S/c19-9-1-2-14-12(5-9)11-3-4-24(8-15(11)22-14)18-23-17-13(21)6-10(20)7-16(17)25-18/h1-2,5-7,22H,3-4,8H2. The van der Waals surface area contributed by atoms with Crippen LogP contribution in [0.3, 0.4) is 0 Å². The van der Waals surface area contributed by atoms with E-state index in [2.05, 4.69) is 9.88 Å². The smallest absolute Gasteiger partial charge is 0.186 e. The maximum Gasteiger partial charge on any atom is 0.186 e. The van der Waals surface area contributed by atoms with Gasteiger partial charge in [0.15, 0.2) is 5.13 Å². The lowest BCUT2D eigenvalue weighted by atomic mass is 10.0. The third-order valence-electron chi connectivity index (χ3n) is 4.61. The fourth-order valence-electron chi connectivity index (χ4n) is 3.46. The summed E-state index contributed by atoms with van der Waals surface area (Å²) in [6.07, 6.45) is 0.958. The third kappa shape index (κ3) is 2.59. The summed E-state index contributed by atoms with van der Waals surface area (Å²) < 4.78 is 1.02. The normalized spacial score (nSPS) is 14.4. The first kappa shape index (κ1) is 15.8. The Bertz CT molecular complexity index is 1130. The molecule has 3 heterocycles. The molecule has 2 aromatic carbocycles. The van der Waals surface area contributed by atoms with Gasteiger partial charge in [-0.2, -0.15) is 0 Å². The Labute approximate surface area is 163 Å². The van der Waals surface area contributed by atoms with Crippen molar-refractivity contribution >= 4 is 72.4 Å². The van der Waals surface area contributed by atoms with Crippen LogP contribution in [-0.2, 0) is 13.0 Å². The van der Waals surface area contributed by atoms with E-state index in [1.165, 1.54) is 16.6 Å². The molecule has 5 rings (SSSR count). The number of nitrogens with one attached hydrogen (secondary N) is 1. The Kier molecular flexibility index (Phi) is 3.64. The van der Waals surface area contributed by atoms with Crippen LogP contribution in [0, 0.1) is 0 Å². The van der Waals surface area contributed by atoms with Gasteiger partial charge >= 0.3 is 0 Å². The van der Waals surface area contributed by atoms with Gasteiger partial charge in [0.2, 0.25) is 0 Å². The zero-order valence-corrected chi connectivity index (χ0v) is 16.0. The Morgan fingerprint density at radius 2 is 1.96 bits per heavy atom. The van der Waals surface area contributed by atoms with E-state index < -0.39 is 0 Å². The number of halogens is 3. The molecule has 1 N–H and O–H groups in total. The van der Waals surface area contributed by atoms with Gasteiger partial charge in [0.05, 0.1) is 16.3 Å². The van der Waals surface area contributed by atoms with Gasteiger partial charge in [-0.15, -0.1) is 0 Å². The highest BCUT2D eigenvalue weighted by molar-refractivity contribution is 7.22. The quantitative estimate of drug-likeness (QED) is 0.401. The van der Waals surface area contributed by atoms with Crippen LogP contribution >= 0.6 is 46.1 Å². The highest BCUT2D eigenvalue weighted by atomic mass is 35.5. The molecule has 1 aliphatic rings. The highest BCUT2D eigenvalue weighted by Gasteiger charge is 2.23. The van der Waals surface area contributed by atoms with Crippen LogP contribution < -0.4 is 4.90 Å². The summed E-state index contributed by atoms with van der Waals surface area (Å²) in [5, 5.41) is 4.21. The number of aromatic nitrogens is 2. The number of fused-ring (bicyclic) bond motifs is 4. The van der Waals surface area contributed by atoms with Crippen LogP contribution in [0.15, 0.2) is 30.3 Å². The number of thiazole rings is 1. The average molecular weight is 409 g/mol. The lowest BCUT2D eigenvalue weighted by molar-refractivity contribution is 0.722. The highest BCUT2D eigenvalue weighted by Crippen LogP contribution is 2.38. The maximum absolute atomic E-state index is 6.29. The molecule has 3 nitrogen and oxygen atoms in total.